The Morgan fingerprint density at radius 3 is 1.49 bits per heavy atom. The number of hydrogen-bond donors (Lipinski definition) is 0. The van der Waals surface area contributed by atoms with Gasteiger partial charge in [0.15, 0.2) is 0 Å². The molecule has 12 nitrogen and oxygen atoms in total. The van der Waals surface area contributed by atoms with Gasteiger partial charge >= 0.3 is 18.1 Å². The van der Waals surface area contributed by atoms with Crippen molar-refractivity contribution >= 4 is 83.6 Å². The fourth-order valence-corrected chi connectivity index (χ4v) is 10.4. The van der Waals surface area contributed by atoms with Gasteiger partial charge in [-0.2, -0.15) is 22.0 Å². The molecule has 0 unspecified atom stereocenters. The number of carbonyl (C=O) groups is 2. The number of halogens is 6. The number of esters is 2. The first-order valence-corrected chi connectivity index (χ1v) is 38.1. The van der Waals surface area contributed by atoms with Crippen LogP contribution in [0, 0.1) is 27.3 Å². The first-order valence-electron chi connectivity index (χ1n) is 29.6. The molecule has 0 N–H and O–H groups in total. The third-order valence-electron chi connectivity index (χ3n) is 12.8. The molecule has 0 spiro atoms. The summed E-state index contributed by atoms with van der Waals surface area (Å²) in [7, 11) is -2.42. The molecule has 0 aliphatic carbocycles. The fourth-order valence-electron chi connectivity index (χ4n) is 8.54. The number of nitrogens with zero attached hydrogens (tertiary/aromatic N) is 4. The van der Waals surface area contributed by atoms with Gasteiger partial charge < -0.3 is 28.4 Å². The number of fused-ring (bicyclic) bond motifs is 2. The number of ether oxygens (including phenoxy) is 6. The van der Waals surface area contributed by atoms with Gasteiger partial charge in [0.25, 0.3) is 0 Å². The Labute approximate surface area is 532 Å². The number of allylic oxidation sites excluding steroid dienone is 1. The van der Waals surface area contributed by atoms with Crippen molar-refractivity contribution in [3.63, 3.8) is 0 Å². The maximum Gasteiger partial charge on any atom is 0.399 e. The molecule has 0 atom stereocenters. The van der Waals surface area contributed by atoms with E-state index in [1.54, 1.807) is 16.8 Å². The highest BCUT2D eigenvalue weighted by Crippen LogP contribution is 2.37. The second-order valence-electron chi connectivity index (χ2n) is 25.5. The van der Waals surface area contributed by atoms with E-state index in [0.717, 1.165) is 57.8 Å². The summed E-state index contributed by atoms with van der Waals surface area (Å²) in [6.45, 7) is 29.5. The lowest BCUT2D eigenvalue weighted by Gasteiger charge is -2.19. The van der Waals surface area contributed by atoms with Gasteiger partial charge in [-0.05, 0) is 190 Å². The molecule has 0 aliphatic heterocycles. The van der Waals surface area contributed by atoms with E-state index in [0.29, 0.717) is 74.1 Å². The van der Waals surface area contributed by atoms with E-state index >= 15 is 4.39 Å². The largest absolute Gasteiger partial charge is 0.494 e. The summed E-state index contributed by atoms with van der Waals surface area (Å²) in [5.74, 6) is 4.40. The Hall–Kier alpha value is -6.39. The molecular formula is C68H86F5IN4O8Si2. The maximum atomic E-state index is 15.2. The average molecular weight is 1370 g/mol. The number of aromatic nitrogens is 4. The van der Waals surface area contributed by atoms with E-state index in [-0.39, 0.29) is 30.8 Å². The number of benzene rings is 5. The highest BCUT2D eigenvalue weighted by molar-refractivity contribution is 14.1. The van der Waals surface area contributed by atoms with Crippen LogP contribution in [0.5, 0.6) is 11.5 Å². The summed E-state index contributed by atoms with van der Waals surface area (Å²) in [5, 5.41) is 8.64. The zero-order valence-electron chi connectivity index (χ0n) is 53.2. The molecule has 7 rings (SSSR count). The maximum absolute atomic E-state index is 15.2. The number of hydrogen-bond acceptors (Lipinski definition) is 10. The van der Waals surface area contributed by atoms with Crippen LogP contribution in [0.2, 0.25) is 51.4 Å². The molecule has 0 fully saturated rings. The lowest BCUT2D eigenvalue weighted by atomic mass is 9.88. The Balaban J connectivity index is 0.000000274. The third-order valence-corrected chi connectivity index (χ3v) is 16.9. The first-order chi connectivity index (χ1) is 41.3. The predicted octanol–water partition coefficient (Wildman–Crippen LogP) is 17.9. The van der Waals surface area contributed by atoms with Crippen molar-refractivity contribution in [3.8, 4) is 23.3 Å². The van der Waals surface area contributed by atoms with Crippen molar-refractivity contribution in [1.29, 1.82) is 0 Å². The summed E-state index contributed by atoms with van der Waals surface area (Å²) in [6, 6.07) is 38.5. The van der Waals surface area contributed by atoms with Crippen LogP contribution >= 0.6 is 22.6 Å². The van der Waals surface area contributed by atoms with E-state index in [1.165, 1.54) is 14.3 Å². The zero-order valence-corrected chi connectivity index (χ0v) is 57.3. The second-order valence-corrected chi connectivity index (χ2v) is 38.0. The minimum atomic E-state index is -4.33. The van der Waals surface area contributed by atoms with Crippen LogP contribution in [0.3, 0.4) is 0 Å². The van der Waals surface area contributed by atoms with Gasteiger partial charge in [-0.3, -0.25) is 9.59 Å². The molecule has 88 heavy (non-hydrogen) atoms. The van der Waals surface area contributed by atoms with Gasteiger partial charge in [0.2, 0.25) is 11.9 Å². The van der Waals surface area contributed by atoms with Crippen molar-refractivity contribution < 1.29 is 60.0 Å². The molecule has 0 saturated heterocycles. The van der Waals surface area contributed by atoms with E-state index < -0.39 is 51.8 Å². The Morgan fingerprint density at radius 1 is 0.580 bits per heavy atom. The number of rotatable bonds is 24. The van der Waals surface area contributed by atoms with Gasteiger partial charge in [-0.1, -0.05) is 107 Å². The summed E-state index contributed by atoms with van der Waals surface area (Å²) in [6.07, 6.45) is -2.81. The summed E-state index contributed by atoms with van der Waals surface area (Å²) in [4.78, 5) is 23.4. The third kappa shape index (κ3) is 26.4. The van der Waals surface area contributed by atoms with Crippen LogP contribution in [-0.4, -0.2) is 91.5 Å². The monoisotopic (exact) mass is 1360 g/mol. The van der Waals surface area contributed by atoms with E-state index in [4.69, 9.17) is 28.4 Å². The van der Waals surface area contributed by atoms with E-state index in [9.17, 15) is 27.2 Å². The molecule has 7 aromatic rings. The SMILES string of the molecule is CC(C)(C)OC(=O)CCCOc1ccc(I)cc1.CC/C(=C(/c1ccc(OCCCC(=O)OC(C)(C)C)cc1)c1ccc2c(c1)c(F)nn2COCC[Si](C)(C)C)c1ccccc1.C[Si](C)(C)CCOCn1nc(F)c2cc(C#CCC(F)(F)F)ccc21. The molecular weight excluding hydrogens is 1280 g/mol. The Bertz CT molecular complexity index is 3440. The van der Waals surface area contributed by atoms with Crippen LogP contribution in [-0.2, 0) is 42.0 Å². The number of carbonyl (C=O) groups excluding carboxylic acids is 2. The van der Waals surface area contributed by atoms with E-state index in [2.05, 4.69) is 97.0 Å². The molecule has 0 aliphatic rings. The van der Waals surface area contributed by atoms with Crippen molar-refractivity contribution in [2.24, 2.45) is 0 Å². The lowest BCUT2D eigenvalue weighted by molar-refractivity contribution is -0.156. The first kappa shape index (κ1) is 72.4. The Kier molecular flexibility index (Phi) is 27.5. The molecule has 0 saturated carbocycles. The van der Waals surface area contributed by atoms with Gasteiger partial charge in [0, 0.05) is 51.3 Å². The molecule has 20 heteroatoms. The minimum absolute atomic E-state index is 0.129. The molecule has 2 heterocycles. The standard InChI is InChI=1S/C37H47FN2O4Si.C17H20F4N2OSi.C14H19IO3/c1-8-31(27-13-10-9-11-14-27)35(28-16-19-30(20-17-28)43-22-12-15-34(41)44-37(2,3)4)29-18-21-33-32(25-29)36(38)39-40(33)26-42-23-24-45(5,6)7;1-25(2,3)10-9-24-12-23-15-7-6-13(5-4-8-17(19,20)21)11-14(15)16(18)22-23;1-14(2,3)18-13(16)5-4-10-17-12-8-6-11(15)7-9-12/h9-11,13-14,16-21,25H,8,12,15,22-24,26H2,1-7H3;6-7,11H,8-10,12H2,1-3H3;6-9H,4-5,10H2,1-3H3/b35-31+;;. The van der Waals surface area contributed by atoms with Crippen LogP contribution in [0.4, 0.5) is 22.0 Å². The van der Waals surface area contributed by atoms with Crippen LogP contribution in [0.25, 0.3) is 33.0 Å². The average Bonchev–Trinajstić information content (AvgIpc) is 1.56. The van der Waals surface area contributed by atoms with Crippen molar-refractivity contribution in [3.05, 3.63) is 153 Å². The summed E-state index contributed by atoms with van der Waals surface area (Å²) < 4.78 is 103. The van der Waals surface area contributed by atoms with Crippen LogP contribution in [0.15, 0.2) is 115 Å². The predicted molar refractivity (Wildman–Crippen MR) is 355 cm³/mol. The minimum Gasteiger partial charge on any atom is -0.494 e. The molecule has 2 aromatic heterocycles. The smallest absolute Gasteiger partial charge is 0.399 e. The Morgan fingerprint density at radius 2 is 1.03 bits per heavy atom. The molecule has 0 bridgehead atoms. The highest BCUT2D eigenvalue weighted by Gasteiger charge is 2.25. The highest BCUT2D eigenvalue weighted by atomic mass is 127. The quantitative estimate of drug-likeness (QED) is 0.0110. The second kappa shape index (κ2) is 33.4. The fraction of sp³-hybridized carbons (Fsp3) is 0.441. The van der Waals surface area contributed by atoms with Crippen molar-refractivity contribution in [1.82, 2.24) is 19.6 Å². The van der Waals surface area contributed by atoms with Gasteiger partial charge in [-0.15, -0.1) is 10.2 Å². The number of alkyl halides is 3. The zero-order chi connectivity index (χ0) is 64.9. The van der Waals surface area contributed by atoms with Gasteiger partial charge in [0.1, 0.15) is 42.6 Å². The molecule has 0 radical (unpaired) electrons. The van der Waals surface area contributed by atoms with Crippen LogP contribution < -0.4 is 9.47 Å². The molecule has 0 amide bonds. The normalized spacial score (nSPS) is 12.3. The van der Waals surface area contributed by atoms with Crippen molar-refractivity contribution in [2.45, 2.75) is 169 Å². The molecule has 5 aromatic carbocycles. The lowest BCUT2D eigenvalue weighted by Crippen LogP contribution is -2.24. The topological polar surface area (TPSA) is 125 Å². The summed E-state index contributed by atoms with van der Waals surface area (Å²) in [5.41, 5.74) is 5.85. The van der Waals surface area contributed by atoms with Gasteiger partial charge in [0.05, 0.1) is 35.0 Å². The van der Waals surface area contributed by atoms with E-state index in [1.807, 2.05) is 132 Å². The van der Waals surface area contributed by atoms with Crippen LogP contribution in [0.1, 0.15) is 109 Å². The van der Waals surface area contributed by atoms with Crippen molar-refractivity contribution in [2.75, 3.05) is 26.4 Å². The summed E-state index contributed by atoms with van der Waals surface area (Å²) >= 11 is 2.25. The van der Waals surface area contributed by atoms with Gasteiger partial charge in [-0.25, -0.2) is 9.36 Å². The molecule has 476 valence electrons.